The molecule has 0 radical (unpaired) electrons. The van der Waals surface area contributed by atoms with E-state index in [0.29, 0.717) is 11.4 Å². The molecule has 118 valence electrons. The molecule has 0 saturated heterocycles. The molecule has 22 heavy (non-hydrogen) atoms. The quantitative estimate of drug-likeness (QED) is 0.810. The molecule has 0 atom stereocenters. The highest BCUT2D eigenvalue weighted by Crippen LogP contribution is 2.21. The third kappa shape index (κ3) is 4.61. The van der Waals surface area contributed by atoms with Gasteiger partial charge in [0.15, 0.2) is 0 Å². The van der Waals surface area contributed by atoms with Gasteiger partial charge in [0.25, 0.3) is 0 Å². The van der Waals surface area contributed by atoms with E-state index in [1.165, 1.54) is 16.9 Å². The fourth-order valence-corrected chi connectivity index (χ4v) is 3.25. The SMILES string of the molecule is CCCc1nc(CN(C)CCc2ccncc2)sc1C(=O)O. The molecule has 0 fully saturated rings. The highest BCUT2D eigenvalue weighted by atomic mass is 32.1. The number of hydrogen-bond donors (Lipinski definition) is 1. The lowest BCUT2D eigenvalue weighted by atomic mass is 10.2. The highest BCUT2D eigenvalue weighted by Gasteiger charge is 2.17. The molecular formula is C16H21N3O2S. The number of aromatic carboxylic acids is 1. The van der Waals surface area contributed by atoms with Gasteiger partial charge in [-0.25, -0.2) is 9.78 Å². The first-order valence-corrected chi connectivity index (χ1v) is 8.21. The van der Waals surface area contributed by atoms with Crippen LogP contribution in [0.5, 0.6) is 0 Å². The summed E-state index contributed by atoms with van der Waals surface area (Å²) in [5.74, 6) is -0.869. The van der Waals surface area contributed by atoms with Crippen LogP contribution in [0.3, 0.4) is 0 Å². The van der Waals surface area contributed by atoms with Gasteiger partial charge in [-0.1, -0.05) is 13.3 Å². The molecule has 0 aliphatic heterocycles. The van der Waals surface area contributed by atoms with Crippen molar-refractivity contribution in [1.29, 1.82) is 0 Å². The summed E-state index contributed by atoms with van der Waals surface area (Å²) in [6.07, 6.45) is 6.16. The average molecular weight is 319 g/mol. The minimum absolute atomic E-state index is 0.388. The van der Waals surface area contributed by atoms with Crippen molar-refractivity contribution in [3.05, 3.63) is 45.7 Å². The van der Waals surface area contributed by atoms with Crippen LogP contribution in [0.4, 0.5) is 0 Å². The lowest BCUT2D eigenvalue weighted by Crippen LogP contribution is -2.20. The molecule has 0 aromatic carbocycles. The second-order valence-corrected chi connectivity index (χ2v) is 6.37. The van der Waals surface area contributed by atoms with Gasteiger partial charge in [0, 0.05) is 18.9 Å². The van der Waals surface area contributed by atoms with Gasteiger partial charge < -0.3 is 5.11 Å². The maximum absolute atomic E-state index is 11.3. The van der Waals surface area contributed by atoms with Gasteiger partial charge in [0.1, 0.15) is 9.88 Å². The van der Waals surface area contributed by atoms with Crippen LogP contribution in [-0.4, -0.2) is 39.5 Å². The Bertz CT molecular complexity index is 613. The van der Waals surface area contributed by atoms with E-state index in [2.05, 4.69) is 14.9 Å². The summed E-state index contributed by atoms with van der Waals surface area (Å²) in [6.45, 7) is 3.61. The van der Waals surface area contributed by atoms with E-state index in [0.717, 1.165) is 36.5 Å². The first kappa shape index (κ1) is 16.6. The standard InChI is InChI=1S/C16H21N3O2S/c1-3-4-13-15(16(20)21)22-14(18-13)11-19(2)10-7-12-5-8-17-9-6-12/h5-6,8-9H,3-4,7,10-11H2,1-2H3,(H,20,21). The molecule has 0 aliphatic carbocycles. The second kappa shape index (κ2) is 8.00. The van der Waals surface area contributed by atoms with Gasteiger partial charge in [-0.3, -0.25) is 9.88 Å². The molecule has 0 aliphatic rings. The first-order chi connectivity index (χ1) is 10.6. The molecular weight excluding hydrogens is 298 g/mol. The van der Waals surface area contributed by atoms with E-state index in [1.807, 2.05) is 26.1 Å². The molecule has 6 heteroatoms. The van der Waals surface area contributed by atoms with Gasteiger partial charge in [-0.2, -0.15) is 0 Å². The Morgan fingerprint density at radius 3 is 2.68 bits per heavy atom. The van der Waals surface area contributed by atoms with Crippen molar-refractivity contribution in [1.82, 2.24) is 14.9 Å². The van der Waals surface area contributed by atoms with E-state index in [4.69, 9.17) is 0 Å². The van der Waals surface area contributed by atoms with Crippen LogP contribution in [0.15, 0.2) is 24.5 Å². The Labute approximate surface area is 134 Å². The Kier molecular flexibility index (Phi) is 6.03. The summed E-state index contributed by atoms with van der Waals surface area (Å²) in [7, 11) is 2.03. The minimum atomic E-state index is -0.869. The van der Waals surface area contributed by atoms with Crippen LogP contribution in [0.2, 0.25) is 0 Å². The van der Waals surface area contributed by atoms with Crippen molar-refractivity contribution in [3.8, 4) is 0 Å². The van der Waals surface area contributed by atoms with Crippen LogP contribution >= 0.6 is 11.3 Å². The van der Waals surface area contributed by atoms with Crippen molar-refractivity contribution in [2.24, 2.45) is 0 Å². The van der Waals surface area contributed by atoms with Crippen molar-refractivity contribution in [2.45, 2.75) is 32.7 Å². The number of carboxylic acids is 1. The number of nitrogens with zero attached hydrogens (tertiary/aromatic N) is 3. The predicted molar refractivity (Wildman–Crippen MR) is 87.3 cm³/mol. The van der Waals surface area contributed by atoms with Crippen LogP contribution < -0.4 is 0 Å². The molecule has 2 heterocycles. The lowest BCUT2D eigenvalue weighted by molar-refractivity contribution is 0.0700. The Balaban J connectivity index is 1.94. The van der Waals surface area contributed by atoms with Gasteiger partial charge >= 0.3 is 5.97 Å². The molecule has 0 bridgehead atoms. The molecule has 2 rings (SSSR count). The predicted octanol–water partition coefficient (Wildman–Crippen LogP) is 2.86. The number of hydrogen-bond acceptors (Lipinski definition) is 5. The largest absolute Gasteiger partial charge is 0.477 e. The maximum Gasteiger partial charge on any atom is 0.347 e. The van der Waals surface area contributed by atoms with Crippen molar-refractivity contribution < 1.29 is 9.90 Å². The fourth-order valence-electron chi connectivity index (χ4n) is 2.22. The van der Waals surface area contributed by atoms with E-state index in [1.54, 1.807) is 12.4 Å². The number of carbonyl (C=O) groups is 1. The first-order valence-electron chi connectivity index (χ1n) is 7.39. The Hall–Kier alpha value is -1.79. The Morgan fingerprint density at radius 2 is 2.05 bits per heavy atom. The van der Waals surface area contributed by atoms with Crippen molar-refractivity contribution >= 4 is 17.3 Å². The van der Waals surface area contributed by atoms with E-state index in [-0.39, 0.29) is 0 Å². The fraction of sp³-hybridized carbons (Fsp3) is 0.438. The van der Waals surface area contributed by atoms with Gasteiger partial charge in [-0.05, 0) is 37.6 Å². The molecule has 0 saturated carbocycles. The normalized spacial score (nSPS) is 11.0. The van der Waals surface area contributed by atoms with E-state index in [9.17, 15) is 9.90 Å². The molecule has 0 unspecified atom stereocenters. The second-order valence-electron chi connectivity index (χ2n) is 5.28. The molecule has 0 spiro atoms. The molecule has 1 N–H and O–H groups in total. The summed E-state index contributed by atoms with van der Waals surface area (Å²) < 4.78 is 0. The minimum Gasteiger partial charge on any atom is -0.477 e. The van der Waals surface area contributed by atoms with Crippen molar-refractivity contribution in [3.63, 3.8) is 0 Å². The third-order valence-electron chi connectivity index (χ3n) is 3.36. The summed E-state index contributed by atoms with van der Waals surface area (Å²) in [4.78, 5) is 22.3. The molecule has 2 aromatic rings. The molecule has 2 aromatic heterocycles. The average Bonchev–Trinajstić information content (AvgIpc) is 2.89. The van der Waals surface area contributed by atoms with Gasteiger partial charge in [-0.15, -0.1) is 11.3 Å². The number of likely N-dealkylation sites (N-methyl/N-ethyl adjacent to an activating group) is 1. The zero-order valence-corrected chi connectivity index (χ0v) is 13.8. The van der Waals surface area contributed by atoms with Crippen molar-refractivity contribution in [2.75, 3.05) is 13.6 Å². The maximum atomic E-state index is 11.3. The molecule has 0 amide bonds. The number of pyridine rings is 1. The van der Waals surface area contributed by atoms with Gasteiger partial charge in [0.05, 0.1) is 12.2 Å². The summed E-state index contributed by atoms with van der Waals surface area (Å²) in [5, 5.41) is 10.1. The van der Waals surface area contributed by atoms with Gasteiger partial charge in [0.2, 0.25) is 0 Å². The smallest absolute Gasteiger partial charge is 0.347 e. The van der Waals surface area contributed by atoms with E-state index < -0.39 is 5.97 Å². The Morgan fingerprint density at radius 1 is 1.32 bits per heavy atom. The lowest BCUT2D eigenvalue weighted by Gasteiger charge is -2.14. The number of carboxylic acid groups (broad SMARTS) is 1. The summed E-state index contributed by atoms with van der Waals surface area (Å²) in [5.41, 5.74) is 1.97. The van der Waals surface area contributed by atoms with Crippen LogP contribution in [0, 0.1) is 0 Å². The van der Waals surface area contributed by atoms with Crippen LogP contribution in [-0.2, 0) is 19.4 Å². The summed E-state index contributed by atoms with van der Waals surface area (Å²) >= 11 is 1.30. The van der Waals surface area contributed by atoms with E-state index >= 15 is 0 Å². The third-order valence-corrected chi connectivity index (χ3v) is 4.43. The van der Waals surface area contributed by atoms with Crippen LogP contribution in [0.1, 0.15) is 39.3 Å². The number of thiazole rings is 1. The molecule has 5 nitrogen and oxygen atoms in total. The zero-order valence-electron chi connectivity index (χ0n) is 13.0. The number of aryl methyl sites for hydroxylation is 1. The topological polar surface area (TPSA) is 66.3 Å². The zero-order chi connectivity index (χ0) is 15.9. The highest BCUT2D eigenvalue weighted by molar-refractivity contribution is 7.13. The summed E-state index contributed by atoms with van der Waals surface area (Å²) in [6, 6.07) is 4.03. The van der Waals surface area contributed by atoms with Crippen LogP contribution in [0.25, 0.3) is 0 Å². The number of aromatic nitrogens is 2. The number of rotatable bonds is 8. The monoisotopic (exact) mass is 319 g/mol.